The lowest BCUT2D eigenvalue weighted by atomic mass is 10.2. The molecule has 1 saturated heterocycles. The zero-order chi connectivity index (χ0) is 20.6. The summed E-state index contributed by atoms with van der Waals surface area (Å²) >= 11 is 5.96. The van der Waals surface area contributed by atoms with Gasteiger partial charge in [-0.05, 0) is 43.0 Å². The van der Waals surface area contributed by atoms with Crippen molar-refractivity contribution in [1.29, 1.82) is 0 Å². The van der Waals surface area contributed by atoms with Crippen LogP contribution in [0.3, 0.4) is 0 Å². The molecule has 1 aliphatic heterocycles. The number of likely N-dealkylation sites (N-methyl/N-ethyl adjacent to an activating group) is 1. The number of ether oxygens (including phenoxy) is 1. The molecule has 2 aliphatic rings. The van der Waals surface area contributed by atoms with Crippen molar-refractivity contribution in [2.45, 2.75) is 12.8 Å². The molecule has 0 unspecified atom stereocenters. The van der Waals surface area contributed by atoms with Gasteiger partial charge >= 0.3 is 0 Å². The van der Waals surface area contributed by atoms with Crippen molar-refractivity contribution in [3.05, 3.63) is 29.3 Å². The average molecular weight is 550 g/mol. The van der Waals surface area contributed by atoms with Crippen molar-refractivity contribution in [1.82, 2.24) is 15.1 Å². The third-order valence-electron chi connectivity index (χ3n) is 5.42. The van der Waals surface area contributed by atoms with Crippen molar-refractivity contribution in [3.63, 3.8) is 0 Å². The molecule has 0 bridgehead atoms. The summed E-state index contributed by atoms with van der Waals surface area (Å²) in [6, 6.07) is 7.85. The first-order chi connectivity index (χ1) is 14.1. The molecule has 1 N–H and O–H groups in total. The van der Waals surface area contributed by atoms with Crippen molar-refractivity contribution >= 4 is 53.1 Å². The van der Waals surface area contributed by atoms with E-state index in [2.05, 4.69) is 15.2 Å². The summed E-state index contributed by atoms with van der Waals surface area (Å²) in [7, 11) is 3.70. The van der Waals surface area contributed by atoms with E-state index in [0.717, 1.165) is 42.9 Å². The SMILES string of the molecule is CN=C(NCC(=O)N1CCN(c2ccc(Cl)cc2)CC1)N(C)CCOCC1CC1.I. The maximum absolute atomic E-state index is 12.6. The Labute approximate surface area is 201 Å². The van der Waals surface area contributed by atoms with Crippen LogP contribution in [-0.2, 0) is 9.53 Å². The largest absolute Gasteiger partial charge is 0.379 e. The molecule has 1 aliphatic carbocycles. The summed E-state index contributed by atoms with van der Waals surface area (Å²) in [5.41, 5.74) is 1.14. The highest BCUT2D eigenvalue weighted by atomic mass is 127. The maximum atomic E-state index is 12.6. The molecule has 3 rings (SSSR count). The number of hydrogen-bond donors (Lipinski definition) is 1. The van der Waals surface area contributed by atoms with Crippen LogP contribution in [0.25, 0.3) is 0 Å². The number of guanidine groups is 1. The number of aliphatic imine (C=N–C) groups is 1. The van der Waals surface area contributed by atoms with E-state index in [0.29, 0.717) is 25.7 Å². The molecule has 1 aromatic rings. The molecular formula is C21H33ClIN5O2. The molecule has 7 nitrogen and oxygen atoms in total. The Morgan fingerprint density at radius 2 is 1.90 bits per heavy atom. The lowest BCUT2D eigenvalue weighted by molar-refractivity contribution is -0.130. The van der Waals surface area contributed by atoms with E-state index in [-0.39, 0.29) is 36.4 Å². The number of amides is 1. The van der Waals surface area contributed by atoms with Crippen molar-refractivity contribution in [2.75, 3.05) is 71.5 Å². The summed E-state index contributed by atoms with van der Waals surface area (Å²) in [6.07, 6.45) is 2.60. The molecule has 168 valence electrons. The number of halogens is 2. The third kappa shape index (κ3) is 7.77. The quantitative estimate of drug-likeness (QED) is 0.234. The number of carbonyl (C=O) groups excluding carboxylic acids is 1. The van der Waals surface area contributed by atoms with E-state index in [1.165, 1.54) is 12.8 Å². The van der Waals surface area contributed by atoms with Gasteiger partial charge in [0.15, 0.2) is 5.96 Å². The lowest BCUT2D eigenvalue weighted by Gasteiger charge is -2.36. The van der Waals surface area contributed by atoms with Gasteiger partial charge in [0.25, 0.3) is 0 Å². The Kier molecular flexibility index (Phi) is 10.5. The van der Waals surface area contributed by atoms with Gasteiger partial charge in [0.2, 0.25) is 5.91 Å². The third-order valence-corrected chi connectivity index (χ3v) is 5.67. The highest BCUT2D eigenvalue weighted by molar-refractivity contribution is 14.0. The van der Waals surface area contributed by atoms with Crippen LogP contribution in [0.4, 0.5) is 5.69 Å². The molecule has 0 atom stereocenters. The van der Waals surface area contributed by atoms with Gasteiger partial charge in [0.1, 0.15) is 0 Å². The molecule has 1 aromatic carbocycles. The number of benzene rings is 1. The maximum Gasteiger partial charge on any atom is 0.242 e. The van der Waals surface area contributed by atoms with Crippen LogP contribution in [-0.4, -0.2) is 88.2 Å². The van der Waals surface area contributed by atoms with Gasteiger partial charge in [0, 0.05) is 64.1 Å². The highest BCUT2D eigenvalue weighted by Crippen LogP contribution is 2.28. The predicted octanol–water partition coefficient (Wildman–Crippen LogP) is 2.54. The van der Waals surface area contributed by atoms with Gasteiger partial charge in [-0.1, -0.05) is 11.6 Å². The van der Waals surface area contributed by atoms with Crippen molar-refractivity contribution in [3.8, 4) is 0 Å². The van der Waals surface area contributed by atoms with Crippen LogP contribution >= 0.6 is 35.6 Å². The molecule has 30 heavy (non-hydrogen) atoms. The van der Waals surface area contributed by atoms with E-state index in [4.69, 9.17) is 16.3 Å². The summed E-state index contributed by atoms with van der Waals surface area (Å²) in [4.78, 5) is 23.1. The van der Waals surface area contributed by atoms with Gasteiger partial charge in [-0.2, -0.15) is 0 Å². The molecule has 0 spiro atoms. The van der Waals surface area contributed by atoms with E-state index < -0.39 is 0 Å². The number of anilines is 1. The smallest absolute Gasteiger partial charge is 0.242 e. The van der Waals surface area contributed by atoms with E-state index >= 15 is 0 Å². The Morgan fingerprint density at radius 1 is 1.23 bits per heavy atom. The lowest BCUT2D eigenvalue weighted by Crippen LogP contribution is -2.52. The molecule has 1 heterocycles. The molecule has 9 heteroatoms. The Bertz CT molecular complexity index is 691. The second-order valence-corrected chi connectivity index (χ2v) is 8.12. The monoisotopic (exact) mass is 549 g/mol. The fraction of sp³-hybridized carbons (Fsp3) is 0.619. The Balaban J connectivity index is 0.00000320. The molecule has 0 radical (unpaired) electrons. The van der Waals surface area contributed by atoms with Gasteiger partial charge in [-0.3, -0.25) is 9.79 Å². The topological polar surface area (TPSA) is 60.4 Å². The van der Waals surface area contributed by atoms with E-state index in [1.54, 1.807) is 7.05 Å². The first kappa shape index (κ1) is 25.0. The van der Waals surface area contributed by atoms with E-state index in [9.17, 15) is 4.79 Å². The number of piperazine rings is 1. The molecular weight excluding hydrogens is 517 g/mol. The van der Waals surface area contributed by atoms with Crippen LogP contribution in [0.2, 0.25) is 5.02 Å². The fourth-order valence-electron chi connectivity index (χ4n) is 3.36. The molecule has 1 amide bonds. The summed E-state index contributed by atoms with van der Waals surface area (Å²) in [5.74, 6) is 1.59. The first-order valence-corrected chi connectivity index (χ1v) is 10.7. The minimum atomic E-state index is 0. The number of carbonyl (C=O) groups is 1. The Hall–Kier alpha value is -1.26. The van der Waals surface area contributed by atoms with Gasteiger partial charge in [-0.15, -0.1) is 24.0 Å². The summed E-state index contributed by atoms with van der Waals surface area (Å²) in [6.45, 7) is 5.61. The highest BCUT2D eigenvalue weighted by Gasteiger charge is 2.22. The van der Waals surface area contributed by atoms with Crippen LogP contribution in [0.1, 0.15) is 12.8 Å². The minimum absolute atomic E-state index is 0. The number of nitrogens with one attached hydrogen (secondary N) is 1. The molecule has 0 aromatic heterocycles. The summed E-state index contributed by atoms with van der Waals surface area (Å²) < 4.78 is 5.69. The van der Waals surface area contributed by atoms with Crippen LogP contribution < -0.4 is 10.2 Å². The van der Waals surface area contributed by atoms with Gasteiger partial charge in [0.05, 0.1) is 13.2 Å². The average Bonchev–Trinajstić information content (AvgIpc) is 3.56. The second-order valence-electron chi connectivity index (χ2n) is 7.68. The molecule has 1 saturated carbocycles. The molecule has 2 fully saturated rings. The number of hydrogen-bond acceptors (Lipinski definition) is 4. The fourth-order valence-corrected chi connectivity index (χ4v) is 3.49. The van der Waals surface area contributed by atoms with E-state index in [1.807, 2.05) is 41.1 Å². The normalized spacial score (nSPS) is 16.8. The first-order valence-electron chi connectivity index (χ1n) is 10.3. The summed E-state index contributed by atoms with van der Waals surface area (Å²) in [5, 5.41) is 3.92. The van der Waals surface area contributed by atoms with Gasteiger partial charge < -0.3 is 24.8 Å². The van der Waals surface area contributed by atoms with Crippen LogP contribution in [0.5, 0.6) is 0 Å². The number of nitrogens with zero attached hydrogens (tertiary/aromatic N) is 4. The van der Waals surface area contributed by atoms with Crippen molar-refractivity contribution in [2.24, 2.45) is 10.9 Å². The second kappa shape index (κ2) is 12.6. The number of rotatable bonds is 8. The van der Waals surface area contributed by atoms with Crippen LogP contribution in [0, 0.1) is 5.92 Å². The zero-order valence-corrected chi connectivity index (χ0v) is 20.9. The van der Waals surface area contributed by atoms with Gasteiger partial charge in [-0.25, -0.2) is 0 Å². The Morgan fingerprint density at radius 3 is 2.50 bits per heavy atom. The minimum Gasteiger partial charge on any atom is -0.379 e. The predicted molar refractivity (Wildman–Crippen MR) is 133 cm³/mol. The zero-order valence-electron chi connectivity index (χ0n) is 17.8. The van der Waals surface area contributed by atoms with Crippen molar-refractivity contribution < 1.29 is 9.53 Å². The standard InChI is InChI=1S/C21H32ClN5O2.HI/c1-23-21(25(2)13-14-29-16-17-3-4-17)24-15-20(28)27-11-9-26(10-12-27)19-7-5-18(22)6-8-19;/h5-8,17H,3-4,9-16H2,1-2H3,(H,23,24);1H. The van der Waals surface area contributed by atoms with Crippen LogP contribution in [0.15, 0.2) is 29.3 Å².